The third kappa shape index (κ3) is 6.33. The molecule has 0 amide bonds. The number of ether oxygens (including phenoxy) is 1. The molecule has 2 aromatic carbocycles. The molecular weight excluding hydrogens is 370 g/mol. The number of nitrogens with zero attached hydrogens (tertiary/aromatic N) is 1. The van der Waals surface area contributed by atoms with Gasteiger partial charge in [0.05, 0.1) is 13.1 Å². The van der Waals surface area contributed by atoms with Gasteiger partial charge in [0.2, 0.25) is 0 Å². The first-order valence-electron chi connectivity index (χ1n) is 11.6. The molecule has 1 heterocycles. The van der Waals surface area contributed by atoms with Gasteiger partial charge in [0.25, 0.3) is 0 Å². The van der Waals surface area contributed by atoms with E-state index in [9.17, 15) is 5.11 Å². The SMILES string of the molecule is Cc1ccc(OCC(O)C[N+]2(Cc3ccccc3)CCCCCC2)c(C(C)(C)C)c1. The standard InChI is InChI=1S/C27H40NO2/c1-22-14-15-26(25(18-22)27(2,3)4)30-21-24(29)20-28(16-10-5-6-11-17-28)19-23-12-8-7-9-13-23/h7-9,12-15,18,24,29H,5-6,10-11,16-17,19-21H2,1-4H3/q+1. The zero-order valence-corrected chi connectivity index (χ0v) is 19.4. The monoisotopic (exact) mass is 410 g/mol. The topological polar surface area (TPSA) is 29.5 Å². The van der Waals surface area contributed by atoms with Crippen molar-refractivity contribution in [1.82, 2.24) is 0 Å². The molecule has 2 aromatic rings. The second kappa shape index (κ2) is 9.98. The molecular formula is C27H40NO2+. The Morgan fingerprint density at radius 1 is 0.967 bits per heavy atom. The Morgan fingerprint density at radius 3 is 2.27 bits per heavy atom. The van der Waals surface area contributed by atoms with Crippen LogP contribution in [0.3, 0.4) is 0 Å². The molecule has 0 radical (unpaired) electrons. The molecule has 1 aliphatic heterocycles. The number of quaternary nitrogens is 1. The van der Waals surface area contributed by atoms with Crippen molar-refractivity contribution in [2.45, 2.75) is 71.4 Å². The number of hydrogen-bond acceptors (Lipinski definition) is 2. The van der Waals surface area contributed by atoms with E-state index in [-0.39, 0.29) is 5.41 Å². The van der Waals surface area contributed by atoms with Gasteiger partial charge in [0.1, 0.15) is 31.5 Å². The van der Waals surface area contributed by atoms with E-state index in [2.05, 4.69) is 76.2 Å². The van der Waals surface area contributed by atoms with Crippen LogP contribution in [0.15, 0.2) is 48.5 Å². The van der Waals surface area contributed by atoms with E-state index in [0.29, 0.717) is 6.61 Å². The minimum absolute atomic E-state index is 0.0121. The highest BCUT2D eigenvalue weighted by atomic mass is 16.5. The highest BCUT2D eigenvalue weighted by molar-refractivity contribution is 5.41. The summed E-state index contributed by atoms with van der Waals surface area (Å²) in [5.41, 5.74) is 3.82. The maximum Gasteiger partial charge on any atom is 0.137 e. The van der Waals surface area contributed by atoms with Crippen LogP contribution in [0.5, 0.6) is 5.75 Å². The van der Waals surface area contributed by atoms with Gasteiger partial charge in [0, 0.05) is 5.56 Å². The molecule has 3 nitrogen and oxygen atoms in total. The Bertz CT molecular complexity index is 786. The quantitative estimate of drug-likeness (QED) is 0.600. The highest BCUT2D eigenvalue weighted by Gasteiger charge is 2.32. The van der Waals surface area contributed by atoms with E-state index < -0.39 is 6.10 Å². The second-order valence-corrected chi connectivity index (χ2v) is 10.2. The minimum Gasteiger partial charge on any atom is -0.490 e. The lowest BCUT2D eigenvalue weighted by molar-refractivity contribution is -0.942. The number of aryl methyl sites for hydroxylation is 1. The fourth-order valence-electron chi connectivity index (χ4n) is 4.78. The normalized spacial score (nSPS) is 17.9. The summed E-state index contributed by atoms with van der Waals surface area (Å²) in [6.45, 7) is 13.1. The van der Waals surface area contributed by atoms with E-state index in [1.807, 2.05) is 0 Å². The van der Waals surface area contributed by atoms with Crippen molar-refractivity contribution >= 4 is 0 Å². The first-order chi connectivity index (χ1) is 14.3. The van der Waals surface area contributed by atoms with E-state index in [1.165, 1.54) is 42.4 Å². The van der Waals surface area contributed by atoms with Crippen LogP contribution >= 0.6 is 0 Å². The predicted molar refractivity (Wildman–Crippen MR) is 125 cm³/mol. The van der Waals surface area contributed by atoms with Gasteiger partial charge < -0.3 is 14.3 Å². The van der Waals surface area contributed by atoms with Crippen molar-refractivity contribution in [3.8, 4) is 5.75 Å². The van der Waals surface area contributed by atoms with Crippen molar-refractivity contribution in [2.75, 3.05) is 26.2 Å². The van der Waals surface area contributed by atoms with Crippen LogP contribution in [-0.2, 0) is 12.0 Å². The molecule has 1 fully saturated rings. The molecule has 1 atom stereocenters. The average Bonchev–Trinajstić information content (AvgIpc) is 2.92. The minimum atomic E-state index is -0.471. The van der Waals surface area contributed by atoms with Crippen molar-refractivity contribution in [1.29, 1.82) is 0 Å². The Kier molecular flexibility index (Phi) is 7.60. The van der Waals surface area contributed by atoms with Crippen molar-refractivity contribution in [3.05, 3.63) is 65.2 Å². The molecule has 0 aromatic heterocycles. The van der Waals surface area contributed by atoms with Gasteiger partial charge in [-0.3, -0.25) is 0 Å². The first-order valence-corrected chi connectivity index (χ1v) is 11.6. The van der Waals surface area contributed by atoms with Gasteiger partial charge in [-0.15, -0.1) is 0 Å². The molecule has 1 N–H and O–H groups in total. The summed E-state index contributed by atoms with van der Waals surface area (Å²) < 4.78 is 7.16. The molecule has 1 aliphatic rings. The molecule has 30 heavy (non-hydrogen) atoms. The predicted octanol–water partition coefficient (Wildman–Crippen LogP) is 5.62. The van der Waals surface area contributed by atoms with Crippen molar-refractivity contribution in [3.63, 3.8) is 0 Å². The maximum atomic E-state index is 11.0. The van der Waals surface area contributed by atoms with Gasteiger partial charge in [-0.05, 0) is 49.7 Å². The lowest BCUT2D eigenvalue weighted by Gasteiger charge is -2.39. The van der Waals surface area contributed by atoms with Crippen LogP contribution in [-0.4, -0.2) is 41.9 Å². The molecule has 0 bridgehead atoms. The van der Waals surface area contributed by atoms with Crippen LogP contribution in [0.1, 0.15) is 63.1 Å². The number of aliphatic hydroxyl groups excluding tert-OH is 1. The zero-order chi connectivity index (χ0) is 21.6. The molecule has 3 heteroatoms. The summed E-state index contributed by atoms with van der Waals surface area (Å²) in [7, 11) is 0. The molecule has 1 unspecified atom stereocenters. The van der Waals surface area contributed by atoms with Gasteiger partial charge in [-0.2, -0.15) is 0 Å². The van der Waals surface area contributed by atoms with Gasteiger partial charge in [-0.25, -0.2) is 0 Å². The fraction of sp³-hybridized carbons (Fsp3) is 0.556. The number of rotatable bonds is 7. The fourth-order valence-corrected chi connectivity index (χ4v) is 4.78. The number of aliphatic hydroxyl groups is 1. The number of benzene rings is 2. The van der Waals surface area contributed by atoms with E-state index in [0.717, 1.165) is 36.4 Å². The Balaban J connectivity index is 1.70. The molecule has 0 aliphatic carbocycles. The largest absolute Gasteiger partial charge is 0.490 e. The summed E-state index contributed by atoms with van der Waals surface area (Å²) in [6.07, 6.45) is 4.62. The van der Waals surface area contributed by atoms with Crippen LogP contribution < -0.4 is 4.74 Å². The average molecular weight is 411 g/mol. The number of likely N-dealkylation sites (tertiary alicyclic amines) is 1. The summed E-state index contributed by atoms with van der Waals surface area (Å²) in [5.74, 6) is 0.901. The van der Waals surface area contributed by atoms with Crippen molar-refractivity contribution in [2.24, 2.45) is 0 Å². The van der Waals surface area contributed by atoms with E-state index in [1.54, 1.807) is 0 Å². The van der Waals surface area contributed by atoms with Gasteiger partial charge >= 0.3 is 0 Å². The van der Waals surface area contributed by atoms with E-state index in [4.69, 9.17) is 4.74 Å². The Labute approximate surface area is 183 Å². The summed E-state index contributed by atoms with van der Waals surface area (Å²) in [6, 6.07) is 17.1. The van der Waals surface area contributed by atoms with Crippen LogP contribution in [0.4, 0.5) is 0 Å². The maximum absolute atomic E-state index is 11.0. The van der Waals surface area contributed by atoms with Crippen LogP contribution in [0.2, 0.25) is 0 Å². The first kappa shape index (κ1) is 22.8. The van der Waals surface area contributed by atoms with Crippen LogP contribution in [0, 0.1) is 6.92 Å². The highest BCUT2D eigenvalue weighted by Crippen LogP contribution is 2.32. The summed E-state index contributed by atoms with van der Waals surface area (Å²) >= 11 is 0. The Hall–Kier alpha value is -1.84. The molecule has 0 saturated carbocycles. The third-order valence-corrected chi connectivity index (χ3v) is 6.35. The summed E-state index contributed by atoms with van der Waals surface area (Å²) in [4.78, 5) is 0. The molecule has 1 saturated heterocycles. The van der Waals surface area contributed by atoms with Gasteiger partial charge in [0.15, 0.2) is 0 Å². The lowest BCUT2D eigenvalue weighted by atomic mass is 9.85. The van der Waals surface area contributed by atoms with E-state index >= 15 is 0 Å². The zero-order valence-electron chi connectivity index (χ0n) is 19.4. The second-order valence-electron chi connectivity index (χ2n) is 10.2. The Morgan fingerprint density at radius 2 is 1.63 bits per heavy atom. The molecule has 164 valence electrons. The van der Waals surface area contributed by atoms with Gasteiger partial charge in [-0.1, -0.05) is 68.8 Å². The van der Waals surface area contributed by atoms with Crippen molar-refractivity contribution < 1.29 is 14.3 Å². The number of hydrogen-bond donors (Lipinski definition) is 1. The third-order valence-electron chi connectivity index (χ3n) is 6.35. The smallest absolute Gasteiger partial charge is 0.137 e. The lowest BCUT2D eigenvalue weighted by Crippen LogP contribution is -2.53. The molecule has 3 rings (SSSR count). The molecule has 0 spiro atoms. The summed E-state index contributed by atoms with van der Waals surface area (Å²) in [5, 5.41) is 11.0. The van der Waals surface area contributed by atoms with Crippen LogP contribution in [0.25, 0.3) is 0 Å².